The number of piperazine rings is 1. The summed E-state index contributed by atoms with van der Waals surface area (Å²) in [6.07, 6.45) is 8.46. The van der Waals surface area contributed by atoms with Crippen LogP contribution in [0.15, 0.2) is 30.5 Å². The Morgan fingerprint density at radius 2 is 1.73 bits per heavy atom. The number of hydrogen-bond acceptors (Lipinski definition) is 15. The zero-order valence-electron chi connectivity index (χ0n) is 48.1. The van der Waals surface area contributed by atoms with Gasteiger partial charge >= 0.3 is 222 Å². The zero-order valence-corrected chi connectivity index (χ0v) is 52.6. The summed E-state index contributed by atoms with van der Waals surface area (Å²) in [5.74, 6) is 0.798. The van der Waals surface area contributed by atoms with Gasteiger partial charge in [0.05, 0.1) is 18.2 Å². The van der Waals surface area contributed by atoms with E-state index in [1.807, 2.05) is 46.4 Å². The number of carbonyl (C=O) groups is 4. The Kier molecular flexibility index (Phi) is 18.1. The molecule has 0 radical (unpaired) electrons. The van der Waals surface area contributed by atoms with Gasteiger partial charge in [0.25, 0.3) is 0 Å². The Bertz CT molecular complexity index is 3110. The molecule has 2 bridgehead atoms. The van der Waals surface area contributed by atoms with Crippen LogP contribution in [-0.2, 0) is 33.3 Å². The number of amides is 3. The van der Waals surface area contributed by atoms with E-state index in [1.54, 1.807) is 23.1 Å². The quantitative estimate of drug-likeness (QED) is 0.0610. The SMILES string of the molecule is COCOc1cc(-c2ncc3c(N4CC5CCC(C4)N5C(=O)OC(C)(C)C)nc(OC[C@@H]4CCCN4CCCC4CCC(=O)N4[C@H](C(=O)N4C[C@H](OC5CCCCO5)C[C@H]4C(=O)O)C(C)(C)C)nc3c2F)c2c(C#[C][Tl])c(F)ccc2c1. The summed E-state index contributed by atoms with van der Waals surface area (Å²) in [5.41, 5.74) is -1.14. The first-order valence-electron chi connectivity index (χ1n) is 28.9. The summed E-state index contributed by atoms with van der Waals surface area (Å²) in [6.45, 7) is 14.4. The van der Waals surface area contributed by atoms with Gasteiger partial charge < -0.3 is 29.1 Å². The van der Waals surface area contributed by atoms with E-state index in [0.29, 0.717) is 86.1 Å². The number of anilines is 1. The number of halogens is 2. The minimum absolute atomic E-state index is 0.0368. The minimum atomic E-state index is -1.10. The van der Waals surface area contributed by atoms with Gasteiger partial charge in [0, 0.05) is 38.1 Å². The van der Waals surface area contributed by atoms with E-state index in [-0.39, 0.29) is 123 Å². The molecule has 0 saturated carbocycles. The Hall–Kier alpha value is -5.55. The molecule has 438 valence electrons. The van der Waals surface area contributed by atoms with Crippen LogP contribution >= 0.6 is 0 Å². The third kappa shape index (κ3) is 12.8. The number of ether oxygens (including phenoxy) is 6. The Balaban J connectivity index is 0.895. The molecule has 3 amide bonds. The van der Waals surface area contributed by atoms with Crippen molar-refractivity contribution in [3.8, 4) is 32.4 Å². The number of benzene rings is 2. The third-order valence-corrected chi connectivity index (χ3v) is 17.3. The van der Waals surface area contributed by atoms with Crippen molar-refractivity contribution >= 4 is 77.1 Å². The number of likely N-dealkylation sites (tertiary alicyclic amines) is 3. The number of aliphatic carboxylic acids is 1. The zero-order chi connectivity index (χ0) is 58.2. The predicted molar refractivity (Wildman–Crippen MR) is 301 cm³/mol. The predicted octanol–water partition coefficient (Wildman–Crippen LogP) is 7.80. The van der Waals surface area contributed by atoms with Crippen molar-refractivity contribution in [2.75, 3.05) is 64.7 Å². The van der Waals surface area contributed by atoms with Gasteiger partial charge in [0.15, 0.2) is 6.29 Å². The van der Waals surface area contributed by atoms with Gasteiger partial charge in [-0.05, 0) is 103 Å². The monoisotopic (exact) mass is 1330 g/mol. The summed E-state index contributed by atoms with van der Waals surface area (Å²) >= 11 is 0.254. The summed E-state index contributed by atoms with van der Waals surface area (Å²) < 4.78 is 71.9. The van der Waals surface area contributed by atoms with Gasteiger partial charge in [-0.2, -0.15) is 0 Å². The van der Waals surface area contributed by atoms with E-state index in [0.717, 1.165) is 45.1 Å². The number of hydrogen-bond donors (Lipinski definition) is 1. The number of carboxylic acid groups (broad SMARTS) is 1. The topological polar surface area (TPSA) is 199 Å². The fourth-order valence-corrected chi connectivity index (χ4v) is 13.7. The van der Waals surface area contributed by atoms with Crippen LogP contribution in [-0.4, -0.2) is 203 Å². The number of nitrogens with zero attached hydrogens (tertiary/aromatic N) is 8. The van der Waals surface area contributed by atoms with Crippen LogP contribution in [0.3, 0.4) is 0 Å². The molecule has 19 nitrogen and oxygen atoms in total. The summed E-state index contributed by atoms with van der Waals surface area (Å²) in [5, 5.41) is 11.6. The molecule has 2 aromatic carbocycles. The standard InChI is InChI=1S/C60H75F2N8O11.Tl/c1-9-42-45(61)21-17-35-26-40(79-34-76-8)27-43(49(35)42)51-50(62)52-44(29-63-51)54(67-30-37-18-19-38(31-67)69(37)58(75)81-60(5,6)7)65-57(64-52)78-33-39-15-13-24-66(39)23-12-14-36-20-22-47(71)70(36)53(59(2,3)4)55(72)68-32-41(28-46(68)56(73)74)80-48-16-10-11-25-77-48;/h17,21,26-27,29,36-39,41,46,48,53H,10-16,18-20,22-25,28,30-34H2,2-8H3,(H,73,74);/t36?,37?,38?,39-,41+,46-,48?,53+;/m0./s1. The second kappa shape index (κ2) is 25.0. The van der Waals surface area contributed by atoms with Crippen LogP contribution in [0.25, 0.3) is 32.9 Å². The van der Waals surface area contributed by atoms with Crippen molar-refractivity contribution in [3.05, 3.63) is 47.7 Å². The Morgan fingerprint density at radius 1 is 0.951 bits per heavy atom. The molecule has 10 rings (SSSR count). The first kappa shape index (κ1) is 59.6. The van der Waals surface area contributed by atoms with Crippen molar-refractivity contribution in [1.82, 2.24) is 34.6 Å². The van der Waals surface area contributed by atoms with Crippen molar-refractivity contribution in [2.24, 2.45) is 5.41 Å². The van der Waals surface area contributed by atoms with Crippen LogP contribution < -0.4 is 14.4 Å². The normalized spacial score (nSPS) is 24.5. The molecule has 0 spiro atoms. The fraction of sp³-hybridized carbons (Fsp3) is 0.617. The van der Waals surface area contributed by atoms with Gasteiger partial charge in [-0.3, -0.25) is 19.4 Å². The first-order chi connectivity index (χ1) is 39.2. The van der Waals surface area contributed by atoms with E-state index >= 15 is 8.78 Å². The number of fused-ring (bicyclic) bond motifs is 4. The molecule has 22 heteroatoms. The number of pyridine rings is 1. The van der Waals surface area contributed by atoms with Crippen LogP contribution in [0.2, 0.25) is 0 Å². The number of aromatic nitrogens is 3. The molecule has 2 aromatic heterocycles. The number of rotatable bonds is 17. The second-order valence-electron chi connectivity index (χ2n) is 24.7. The number of carboxylic acids is 1. The molecule has 6 fully saturated rings. The van der Waals surface area contributed by atoms with Crippen LogP contribution in [0, 0.1) is 26.4 Å². The van der Waals surface area contributed by atoms with Gasteiger partial charge in [-0.15, -0.1) is 0 Å². The van der Waals surface area contributed by atoms with Gasteiger partial charge in [0.1, 0.15) is 17.7 Å². The first-order valence-corrected chi connectivity index (χ1v) is 31.2. The molecule has 1 N–H and O–H groups in total. The van der Waals surface area contributed by atoms with Crippen LogP contribution in [0.1, 0.15) is 124 Å². The fourth-order valence-electron chi connectivity index (χ4n) is 13.2. The molecule has 6 aliphatic rings. The van der Waals surface area contributed by atoms with Crippen molar-refractivity contribution in [1.29, 1.82) is 0 Å². The average molecular weight is 1330 g/mol. The van der Waals surface area contributed by atoms with Crippen LogP contribution in [0.4, 0.5) is 19.4 Å². The number of methoxy groups -OCH3 is 1. The summed E-state index contributed by atoms with van der Waals surface area (Å²) in [7, 11) is 1.49. The van der Waals surface area contributed by atoms with Crippen molar-refractivity contribution < 1.29 is 61.5 Å². The molecule has 4 unspecified atom stereocenters. The average Bonchev–Trinajstić information content (AvgIpc) is 2.55. The summed E-state index contributed by atoms with van der Waals surface area (Å²) in [4.78, 5) is 78.8. The molecule has 82 heavy (non-hydrogen) atoms. The van der Waals surface area contributed by atoms with Gasteiger partial charge in [-0.1, -0.05) is 20.8 Å². The molecule has 8 heterocycles. The molecule has 4 aromatic rings. The molecule has 6 aliphatic heterocycles. The molecular weight excluding hydrogens is 1250 g/mol. The molecular formula is C60H75F2N8O11Tl. The maximum atomic E-state index is 17.8. The van der Waals surface area contributed by atoms with E-state index in [4.69, 9.17) is 43.4 Å². The van der Waals surface area contributed by atoms with E-state index in [2.05, 4.69) is 19.2 Å². The maximum absolute atomic E-state index is 17.8. The van der Waals surface area contributed by atoms with Gasteiger partial charge in [-0.25, -0.2) is 9.59 Å². The molecule has 0 aliphatic carbocycles. The van der Waals surface area contributed by atoms with Crippen molar-refractivity contribution in [2.45, 2.75) is 173 Å². The third-order valence-electron chi connectivity index (χ3n) is 16.8. The number of carbonyl (C=O) groups excluding carboxylic acids is 3. The Morgan fingerprint density at radius 3 is 2.43 bits per heavy atom. The Labute approximate surface area is 493 Å². The molecule has 8 atom stereocenters. The van der Waals surface area contributed by atoms with Crippen molar-refractivity contribution in [3.63, 3.8) is 0 Å². The molecule has 6 saturated heterocycles. The van der Waals surface area contributed by atoms with E-state index in [9.17, 15) is 24.3 Å². The van der Waals surface area contributed by atoms with Gasteiger partial charge in [0.2, 0.25) is 11.8 Å². The second-order valence-corrected chi connectivity index (χ2v) is 25.8. The van der Waals surface area contributed by atoms with E-state index < -0.39 is 53.1 Å². The summed E-state index contributed by atoms with van der Waals surface area (Å²) in [6, 6.07) is 3.61. The van der Waals surface area contributed by atoms with Crippen LogP contribution in [0.5, 0.6) is 11.8 Å². The van der Waals surface area contributed by atoms with E-state index in [1.165, 1.54) is 24.3 Å².